The normalized spacial score (nSPS) is 14.4. The third kappa shape index (κ3) is 4.85. The number of halogens is 1. The van der Waals surface area contributed by atoms with E-state index in [2.05, 4.69) is 26.3 Å². The van der Waals surface area contributed by atoms with Gasteiger partial charge in [-0.05, 0) is 31.0 Å². The van der Waals surface area contributed by atoms with Crippen LogP contribution in [0.1, 0.15) is 18.3 Å². The van der Waals surface area contributed by atoms with Gasteiger partial charge in [-0.3, -0.25) is 4.79 Å². The van der Waals surface area contributed by atoms with Crippen LogP contribution in [0.4, 0.5) is 11.6 Å². The van der Waals surface area contributed by atoms with Gasteiger partial charge in [0.25, 0.3) is 0 Å². The van der Waals surface area contributed by atoms with E-state index in [4.69, 9.17) is 11.6 Å². The van der Waals surface area contributed by atoms with E-state index in [1.165, 1.54) is 5.56 Å². The second kappa shape index (κ2) is 8.36. The van der Waals surface area contributed by atoms with Crippen molar-refractivity contribution in [3.63, 3.8) is 0 Å². The smallest absolute Gasteiger partial charge is 0.219 e. The average Bonchev–Trinajstić information content (AvgIpc) is 2.61. The van der Waals surface area contributed by atoms with Crippen LogP contribution in [0, 0.1) is 6.92 Å². The first-order valence-corrected chi connectivity index (χ1v) is 9.23. The van der Waals surface area contributed by atoms with Gasteiger partial charge in [0.1, 0.15) is 17.5 Å². The fourth-order valence-electron chi connectivity index (χ4n) is 3.08. The Morgan fingerprint density at radius 2 is 1.96 bits per heavy atom. The molecule has 0 saturated carbocycles. The van der Waals surface area contributed by atoms with Crippen LogP contribution in [-0.4, -0.2) is 53.5 Å². The summed E-state index contributed by atoms with van der Waals surface area (Å²) in [5.41, 5.74) is 1.19. The Hall–Kier alpha value is -2.34. The Labute approximate surface area is 159 Å². The molecular formula is C19H24ClN5O. The number of hydrogen-bond acceptors (Lipinski definition) is 5. The molecule has 26 heavy (non-hydrogen) atoms. The van der Waals surface area contributed by atoms with E-state index in [0.717, 1.165) is 61.6 Å². The van der Waals surface area contributed by atoms with E-state index in [9.17, 15) is 4.79 Å². The lowest BCUT2D eigenvalue weighted by Crippen LogP contribution is -2.48. The summed E-state index contributed by atoms with van der Waals surface area (Å²) >= 11 is 6.03. The third-order valence-electron chi connectivity index (χ3n) is 4.48. The van der Waals surface area contributed by atoms with Crippen LogP contribution in [0.5, 0.6) is 0 Å². The number of nitrogens with one attached hydrogen (secondary N) is 1. The maximum Gasteiger partial charge on any atom is 0.219 e. The van der Waals surface area contributed by atoms with Gasteiger partial charge < -0.3 is 15.1 Å². The van der Waals surface area contributed by atoms with Crippen LogP contribution in [0.2, 0.25) is 5.02 Å². The molecule has 0 atom stereocenters. The molecule has 1 aliphatic heterocycles. The summed E-state index contributed by atoms with van der Waals surface area (Å²) in [6.07, 6.45) is 0.871. The summed E-state index contributed by atoms with van der Waals surface area (Å²) in [5, 5.41) is 4.13. The molecule has 7 heteroatoms. The van der Waals surface area contributed by atoms with Crippen LogP contribution in [0.15, 0.2) is 30.3 Å². The number of piperazine rings is 1. The maximum absolute atomic E-state index is 11.5. The van der Waals surface area contributed by atoms with Crippen molar-refractivity contribution in [1.82, 2.24) is 14.9 Å². The predicted octanol–water partition coefficient (Wildman–Crippen LogP) is 2.76. The van der Waals surface area contributed by atoms with Crippen LogP contribution < -0.4 is 10.2 Å². The van der Waals surface area contributed by atoms with E-state index in [0.29, 0.717) is 0 Å². The minimum atomic E-state index is 0.131. The Bertz CT molecular complexity index is 774. The maximum atomic E-state index is 11.5. The van der Waals surface area contributed by atoms with Gasteiger partial charge in [0.15, 0.2) is 0 Å². The molecule has 1 saturated heterocycles. The molecule has 1 fully saturated rings. The minimum absolute atomic E-state index is 0.131. The van der Waals surface area contributed by atoms with Gasteiger partial charge in [-0.1, -0.05) is 23.7 Å². The first-order valence-electron chi connectivity index (χ1n) is 8.86. The van der Waals surface area contributed by atoms with Crippen molar-refractivity contribution in [3.05, 3.63) is 46.7 Å². The van der Waals surface area contributed by atoms with Crippen LogP contribution in [-0.2, 0) is 11.2 Å². The number of carbonyl (C=O) groups excluding carboxylic acids is 1. The third-order valence-corrected chi connectivity index (χ3v) is 4.72. The summed E-state index contributed by atoms with van der Waals surface area (Å²) in [5.74, 6) is 2.60. The molecule has 2 aromatic rings. The number of nitrogens with zero attached hydrogens (tertiary/aromatic N) is 4. The molecule has 3 rings (SSSR count). The summed E-state index contributed by atoms with van der Waals surface area (Å²) < 4.78 is 0. The number of aromatic nitrogens is 2. The number of carbonyl (C=O) groups is 1. The molecule has 0 unspecified atom stereocenters. The summed E-state index contributed by atoms with van der Waals surface area (Å²) in [7, 11) is 0. The molecule has 0 aliphatic carbocycles. The van der Waals surface area contributed by atoms with E-state index in [-0.39, 0.29) is 5.91 Å². The highest BCUT2D eigenvalue weighted by Crippen LogP contribution is 2.18. The summed E-state index contributed by atoms with van der Waals surface area (Å²) in [6.45, 7) is 7.33. The van der Waals surface area contributed by atoms with Gasteiger partial charge >= 0.3 is 0 Å². The molecule has 0 radical (unpaired) electrons. The number of benzene rings is 1. The first kappa shape index (κ1) is 18.5. The molecule has 1 aromatic heterocycles. The lowest BCUT2D eigenvalue weighted by molar-refractivity contribution is -0.129. The Morgan fingerprint density at radius 1 is 1.19 bits per heavy atom. The Kier molecular flexibility index (Phi) is 5.93. The van der Waals surface area contributed by atoms with Crippen molar-refractivity contribution in [2.75, 3.05) is 42.9 Å². The quantitative estimate of drug-likeness (QED) is 0.873. The van der Waals surface area contributed by atoms with Gasteiger partial charge in [-0.25, -0.2) is 9.97 Å². The number of hydrogen-bond donors (Lipinski definition) is 1. The first-order chi connectivity index (χ1) is 12.5. The molecule has 0 bridgehead atoms. The molecule has 1 N–H and O–H groups in total. The van der Waals surface area contributed by atoms with Crippen LogP contribution in [0.25, 0.3) is 0 Å². The van der Waals surface area contributed by atoms with Gasteiger partial charge in [0.2, 0.25) is 5.91 Å². The zero-order chi connectivity index (χ0) is 18.5. The van der Waals surface area contributed by atoms with Gasteiger partial charge in [0.05, 0.1) is 0 Å². The monoisotopic (exact) mass is 373 g/mol. The van der Waals surface area contributed by atoms with E-state index in [1.807, 2.05) is 36.1 Å². The predicted molar refractivity (Wildman–Crippen MR) is 105 cm³/mol. The van der Waals surface area contributed by atoms with Crippen LogP contribution >= 0.6 is 11.6 Å². The van der Waals surface area contributed by atoms with E-state index < -0.39 is 0 Å². The van der Waals surface area contributed by atoms with Crippen molar-refractivity contribution >= 4 is 29.1 Å². The second-order valence-electron chi connectivity index (χ2n) is 6.46. The van der Waals surface area contributed by atoms with Gasteiger partial charge in [0, 0.05) is 50.7 Å². The topological polar surface area (TPSA) is 61.4 Å². The lowest BCUT2D eigenvalue weighted by Gasteiger charge is -2.35. The Balaban J connectivity index is 1.60. The highest BCUT2D eigenvalue weighted by molar-refractivity contribution is 6.30. The number of aryl methyl sites for hydroxylation is 1. The second-order valence-corrected chi connectivity index (χ2v) is 6.89. The lowest BCUT2D eigenvalue weighted by atomic mass is 10.1. The molecule has 1 amide bonds. The Morgan fingerprint density at radius 3 is 2.65 bits per heavy atom. The molecule has 1 aromatic carbocycles. The van der Waals surface area contributed by atoms with E-state index >= 15 is 0 Å². The standard InChI is InChI=1S/C19H24ClN5O/c1-14-22-18(21-7-6-16-4-3-5-17(20)12-16)13-19(23-14)25-10-8-24(9-11-25)15(2)26/h3-5,12-13H,6-11H2,1-2H3,(H,21,22,23). The summed E-state index contributed by atoms with van der Waals surface area (Å²) in [6, 6.07) is 9.87. The largest absolute Gasteiger partial charge is 0.370 e. The molecule has 1 aliphatic rings. The molecular weight excluding hydrogens is 350 g/mol. The number of amides is 1. The zero-order valence-electron chi connectivity index (χ0n) is 15.2. The highest BCUT2D eigenvalue weighted by atomic mass is 35.5. The van der Waals surface area contributed by atoms with Crippen molar-refractivity contribution in [2.24, 2.45) is 0 Å². The number of anilines is 2. The number of rotatable bonds is 5. The molecule has 138 valence electrons. The minimum Gasteiger partial charge on any atom is -0.370 e. The van der Waals surface area contributed by atoms with E-state index in [1.54, 1.807) is 6.92 Å². The molecule has 2 heterocycles. The van der Waals surface area contributed by atoms with Crippen molar-refractivity contribution < 1.29 is 4.79 Å². The SMILES string of the molecule is CC(=O)N1CCN(c2cc(NCCc3cccc(Cl)c3)nc(C)n2)CC1. The molecule has 6 nitrogen and oxygen atoms in total. The average molecular weight is 374 g/mol. The summed E-state index contributed by atoms with van der Waals surface area (Å²) in [4.78, 5) is 24.6. The van der Waals surface area contributed by atoms with Crippen LogP contribution in [0.3, 0.4) is 0 Å². The zero-order valence-corrected chi connectivity index (χ0v) is 16.0. The van der Waals surface area contributed by atoms with Crippen molar-refractivity contribution in [2.45, 2.75) is 20.3 Å². The molecule has 0 spiro atoms. The fraction of sp³-hybridized carbons (Fsp3) is 0.421. The highest BCUT2D eigenvalue weighted by Gasteiger charge is 2.20. The van der Waals surface area contributed by atoms with Gasteiger partial charge in [-0.15, -0.1) is 0 Å². The van der Waals surface area contributed by atoms with Crippen molar-refractivity contribution in [1.29, 1.82) is 0 Å². The fourth-order valence-corrected chi connectivity index (χ4v) is 3.30. The van der Waals surface area contributed by atoms with Gasteiger partial charge in [-0.2, -0.15) is 0 Å². The van der Waals surface area contributed by atoms with Crippen molar-refractivity contribution in [3.8, 4) is 0 Å².